The number of anilines is 1. The number of hydrogen-bond acceptors (Lipinski definition) is 5. The van der Waals surface area contributed by atoms with E-state index in [1.807, 2.05) is 12.2 Å². The van der Waals surface area contributed by atoms with Crippen LogP contribution >= 0.6 is 27.5 Å². The van der Waals surface area contributed by atoms with Crippen molar-refractivity contribution in [2.24, 2.45) is 23.7 Å². The maximum Gasteiger partial charge on any atom is 0.329 e. The van der Waals surface area contributed by atoms with Gasteiger partial charge in [-0.3, -0.25) is 19.3 Å². The lowest BCUT2D eigenvalue weighted by Crippen LogP contribution is -2.45. The Morgan fingerprint density at radius 3 is 2.43 bits per heavy atom. The Balaban J connectivity index is 1.35. The Hall–Kier alpha value is -2.19. The largest absolute Gasteiger partial charge is 0.454 e. The van der Waals surface area contributed by atoms with Crippen molar-refractivity contribution >= 4 is 56.9 Å². The summed E-state index contributed by atoms with van der Waals surface area (Å²) in [5.41, 5.74) is 1.28. The zero-order valence-corrected chi connectivity index (χ0v) is 18.7. The number of nitrogens with zero attached hydrogens (tertiary/aromatic N) is 1. The minimum atomic E-state index is -1.08. The second kappa shape index (κ2) is 7.81. The van der Waals surface area contributed by atoms with Gasteiger partial charge in [0, 0.05) is 10.2 Å². The molecular formula is C21H20BrClN2O5. The van der Waals surface area contributed by atoms with Gasteiger partial charge in [0.25, 0.3) is 5.91 Å². The van der Waals surface area contributed by atoms with E-state index in [9.17, 15) is 19.2 Å². The standard InChI is InChI=1S/C21H20BrClN2O5/c1-9-5-13(22)14(23)7-15(9)24-16(26)8-30-21(29)10(2)25-19(27)17-11-3-4-12(6-11)18(17)20(25)28/h3-5,7,10-12,17-18H,6,8H2,1-2H3,(H,24,26)/t10-,11-,12-,17+,18+/m0/s1. The number of hydrogen-bond donors (Lipinski definition) is 1. The van der Waals surface area contributed by atoms with Crippen molar-refractivity contribution in [3.63, 3.8) is 0 Å². The summed E-state index contributed by atoms with van der Waals surface area (Å²) in [5, 5.41) is 3.07. The minimum absolute atomic E-state index is 0.0661. The molecule has 1 saturated heterocycles. The lowest BCUT2D eigenvalue weighted by Gasteiger charge is -2.23. The summed E-state index contributed by atoms with van der Waals surface area (Å²) in [6.45, 7) is 2.71. The van der Waals surface area contributed by atoms with Crippen LogP contribution in [0.2, 0.25) is 5.02 Å². The molecule has 9 heteroatoms. The topological polar surface area (TPSA) is 92.8 Å². The smallest absolute Gasteiger partial charge is 0.329 e. The van der Waals surface area contributed by atoms with Crippen LogP contribution in [0.25, 0.3) is 0 Å². The molecule has 7 nitrogen and oxygen atoms in total. The fourth-order valence-electron chi connectivity index (χ4n) is 4.64. The van der Waals surface area contributed by atoms with Gasteiger partial charge in [-0.1, -0.05) is 23.8 Å². The van der Waals surface area contributed by atoms with Gasteiger partial charge in [0.15, 0.2) is 6.61 Å². The number of imide groups is 1. The van der Waals surface area contributed by atoms with Crippen LogP contribution in [0.5, 0.6) is 0 Å². The molecule has 1 heterocycles. The number of nitrogens with one attached hydrogen (secondary N) is 1. The number of likely N-dealkylation sites (tertiary alicyclic amines) is 1. The highest BCUT2D eigenvalue weighted by atomic mass is 79.9. The molecule has 158 valence electrons. The number of carbonyl (C=O) groups is 4. The van der Waals surface area contributed by atoms with E-state index in [-0.39, 0.29) is 35.5 Å². The normalized spacial score (nSPS) is 27.4. The first-order chi connectivity index (χ1) is 14.2. The number of fused-ring (bicyclic) bond motifs is 5. The first kappa shape index (κ1) is 21.1. The monoisotopic (exact) mass is 494 g/mol. The Morgan fingerprint density at radius 2 is 1.83 bits per heavy atom. The Morgan fingerprint density at radius 1 is 1.23 bits per heavy atom. The number of benzene rings is 1. The molecule has 3 amide bonds. The molecule has 0 radical (unpaired) electrons. The molecule has 4 rings (SSSR count). The van der Waals surface area contributed by atoms with Crippen molar-refractivity contribution in [2.45, 2.75) is 26.3 Å². The number of amides is 3. The number of allylic oxidation sites excluding steroid dienone is 2. The maximum atomic E-state index is 12.8. The predicted molar refractivity (Wildman–Crippen MR) is 113 cm³/mol. The highest BCUT2D eigenvalue weighted by Gasteiger charge is 2.60. The molecule has 0 aromatic heterocycles. The summed E-state index contributed by atoms with van der Waals surface area (Å²) in [4.78, 5) is 51.2. The number of ether oxygens (including phenoxy) is 1. The fourth-order valence-corrected chi connectivity index (χ4v) is 5.26. The number of esters is 1. The number of carbonyl (C=O) groups excluding carboxylic acids is 4. The second-order valence-corrected chi connectivity index (χ2v) is 9.22. The van der Waals surface area contributed by atoms with E-state index >= 15 is 0 Å². The third kappa shape index (κ3) is 3.46. The van der Waals surface area contributed by atoms with Crippen molar-refractivity contribution in [2.75, 3.05) is 11.9 Å². The third-order valence-corrected chi connectivity index (χ3v) is 7.32. The molecule has 0 unspecified atom stereocenters. The molecule has 3 aliphatic rings. The van der Waals surface area contributed by atoms with E-state index in [4.69, 9.17) is 16.3 Å². The fraction of sp³-hybridized carbons (Fsp3) is 0.429. The van der Waals surface area contributed by atoms with E-state index in [0.29, 0.717) is 15.2 Å². The van der Waals surface area contributed by atoms with Gasteiger partial charge in [-0.25, -0.2) is 4.79 Å². The highest BCUT2D eigenvalue weighted by Crippen LogP contribution is 2.52. The summed E-state index contributed by atoms with van der Waals surface area (Å²) >= 11 is 9.35. The summed E-state index contributed by atoms with van der Waals surface area (Å²) in [7, 11) is 0. The van der Waals surface area contributed by atoms with E-state index in [2.05, 4.69) is 21.2 Å². The lowest BCUT2D eigenvalue weighted by molar-refractivity contribution is -0.159. The van der Waals surface area contributed by atoms with Gasteiger partial charge >= 0.3 is 5.97 Å². The second-order valence-electron chi connectivity index (χ2n) is 7.96. The summed E-state index contributed by atoms with van der Waals surface area (Å²) in [5.74, 6) is -2.61. The molecule has 2 aliphatic carbocycles. The van der Waals surface area contributed by atoms with Crippen LogP contribution in [0.15, 0.2) is 28.8 Å². The molecule has 2 fully saturated rings. The Labute approximate surface area is 186 Å². The van der Waals surface area contributed by atoms with Gasteiger partial charge in [-0.15, -0.1) is 0 Å². The van der Waals surface area contributed by atoms with Crippen LogP contribution in [0, 0.1) is 30.6 Å². The van der Waals surface area contributed by atoms with Crippen molar-refractivity contribution in [3.8, 4) is 0 Å². The van der Waals surface area contributed by atoms with Crippen LogP contribution < -0.4 is 5.32 Å². The average molecular weight is 496 g/mol. The summed E-state index contributed by atoms with van der Waals surface area (Å²) in [6.07, 6.45) is 4.80. The Kier molecular flexibility index (Phi) is 5.48. The van der Waals surface area contributed by atoms with Crippen LogP contribution in [-0.2, 0) is 23.9 Å². The first-order valence-corrected chi connectivity index (χ1v) is 10.8. The van der Waals surface area contributed by atoms with E-state index in [0.717, 1.165) is 16.9 Å². The maximum absolute atomic E-state index is 12.8. The Bertz CT molecular complexity index is 964. The van der Waals surface area contributed by atoms with Gasteiger partial charge in [0.1, 0.15) is 6.04 Å². The van der Waals surface area contributed by atoms with Crippen molar-refractivity contribution < 1.29 is 23.9 Å². The van der Waals surface area contributed by atoms with Crippen molar-refractivity contribution in [1.82, 2.24) is 4.90 Å². The van der Waals surface area contributed by atoms with Gasteiger partial charge in [-0.05, 0) is 65.7 Å². The van der Waals surface area contributed by atoms with Crippen molar-refractivity contribution in [3.05, 3.63) is 39.3 Å². The van der Waals surface area contributed by atoms with E-state index in [1.165, 1.54) is 6.92 Å². The van der Waals surface area contributed by atoms with E-state index in [1.54, 1.807) is 19.1 Å². The molecule has 30 heavy (non-hydrogen) atoms. The molecule has 5 atom stereocenters. The predicted octanol–water partition coefficient (Wildman–Crippen LogP) is 3.09. The third-order valence-electron chi connectivity index (χ3n) is 6.12. The quantitative estimate of drug-likeness (QED) is 0.385. The molecular weight excluding hydrogens is 476 g/mol. The number of halogens is 2. The zero-order chi connectivity index (χ0) is 21.7. The minimum Gasteiger partial charge on any atom is -0.454 e. The number of rotatable bonds is 5. The highest BCUT2D eigenvalue weighted by molar-refractivity contribution is 9.10. The van der Waals surface area contributed by atoms with Gasteiger partial charge in [0.05, 0.1) is 16.9 Å². The average Bonchev–Trinajstić information content (AvgIpc) is 3.37. The van der Waals surface area contributed by atoms with Crippen LogP contribution in [0.3, 0.4) is 0 Å². The summed E-state index contributed by atoms with van der Waals surface area (Å²) < 4.78 is 5.78. The molecule has 0 spiro atoms. The van der Waals surface area contributed by atoms with Crippen LogP contribution in [0.1, 0.15) is 18.9 Å². The van der Waals surface area contributed by atoms with Crippen molar-refractivity contribution in [1.29, 1.82) is 0 Å². The van der Waals surface area contributed by atoms with Crippen LogP contribution in [-0.4, -0.2) is 41.2 Å². The van der Waals surface area contributed by atoms with Crippen LogP contribution in [0.4, 0.5) is 5.69 Å². The molecule has 1 aliphatic heterocycles. The number of aryl methyl sites for hydroxylation is 1. The van der Waals surface area contributed by atoms with E-state index < -0.39 is 24.5 Å². The van der Waals surface area contributed by atoms with Gasteiger partial charge < -0.3 is 10.1 Å². The molecule has 1 aromatic carbocycles. The SMILES string of the molecule is Cc1cc(Br)c(Cl)cc1NC(=O)COC(=O)[C@H](C)N1C(=O)[C@H]2[C@H](C1=O)[C@H]1C=C[C@H]2C1. The molecule has 1 saturated carbocycles. The lowest BCUT2D eigenvalue weighted by atomic mass is 9.85. The summed E-state index contributed by atoms with van der Waals surface area (Å²) in [6, 6.07) is 2.27. The molecule has 1 N–H and O–H groups in total. The zero-order valence-electron chi connectivity index (χ0n) is 16.4. The van der Waals surface area contributed by atoms with Gasteiger partial charge in [-0.2, -0.15) is 0 Å². The molecule has 1 aromatic rings. The molecule has 2 bridgehead atoms. The van der Waals surface area contributed by atoms with Gasteiger partial charge in [0.2, 0.25) is 11.8 Å². The first-order valence-electron chi connectivity index (χ1n) is 9.66.